The van der Waals surface area contributed by atoms with Gasteiger partial charge < -0.3 is 16.0 Å². The maximum atomic E-state index is 13.2. The Balaban J connectivity index is 0.00000480. The molecule has 7 nitrogen and oxygen atoms in total. The molecule has 31 heavy (non-hydrogen) atoms. The molecule has 0 fully saturated rings. The zero-order chi connectivity index (χ0) is 22.1. The fraction of sp³-hybridized carbons (Fsp3) is 0.333. The Hall–Kier alpha value is -2.21. The van der Waals surface area contributed by atoms with Crippen molar-refractivity contribution in [1.82, 2.24) is 16.0 Å². The maximum absolute atomic E-state index is 13.2. The average molecular weight is 562 g/mol. The van der Waals surface area contributed by atoms with E-state index in [1.807, 2.05) is 6.07 Å². The molecule has 0 spiro atoms. The van der Waals surface area contributed by atoms with Crippen LogP contribution in [0.2, 0.25) is 0 Å². The summed E-state index contributed by atoms with van der Waals surface area (Å²) in [5, 5.41) is 9.00. The number of amides is 1. The van der Waals surface area contributed by atoms with Crippen LogP contribution in [0.5, 0.6) is 0 Å². The van der Waals surface area contributed by atoms with Gasteiger partial charge in [-0.2, -0.15) is 0 Å². The molecule has 2 aromatic rings. The quantitative estimate of drug-likeness (QED) is 0.198. The van der Waals surface area contributed by atoms with Crippen molar-refractivity contribution < 1.29 is 17.6 Å². The zero-order valence-electron chi connectivity index (χ0n) is 17.7. The third-order valence-electron chi connectivity index (χ3n) is 4.32. The molecule has 0 aliphatic rings. The molecule has 0 aliphatic carbocycles. The summed E-state index contributed by atoms with van der Waals surface area (Å²) in [5.41, 5.74) is 2.24. The Labute approximate surface area is 199 Å². The van der Waals surface area contributed by atoms with Crippen LogP contribution in [0.15, 0.2) is 52.4 Å². The molecular formula is C21H28FIN4O3S. The van der Waals surface area contributed by atoms with Crippen LogP contribution in [0, 0.1) is 12.7 Å². The highest BCUT2D eigenvalue weighted by Crippen LogP contribution is 2.16. The summed E-state index contributed by atoms with van der Waals surface area (Å²) < 4.78 is 36.5. The standard InChI is InChI=1S/C21H27FN4O3S.HI/c1-15-11-17(7-8-19(15)30(3,28)29)14-26-21(23-2)25-10-9-24-20(27)13-16-5-4-6-18(22)12-16;/h4-8,11-12H,9-10,13-14H2,1-3H3,(H,24,27)(H2,23,25,26);1H. The molecule has 2 aromatic carbocycles. The van der Waals surface area contributed by atoms with Gasteiger partial charge in [-0.25, -0.2) is 12.8 Å². The predicted molar refractivity (Wildman–Crippen MR) is 131 cm³/mol. The van der Waals surface area contributed by atoms with Crippen molar-refractivity contribution in [2.75, 3.05) is 26.4 Å². The molecule has 0 heterocycles. The lowest BCUT2D eigenvalue weighted by Gasteiger charge is -2.13. The summed E-state index contributed by atoms with van der Waals surface area (Å²) in [6.45, 7) is 3.08. The van der Waals surface area contributed by atoms with Gasteiger partial charge in [0.05, 0.1) is 11.3 Å². The highest BCUT2D eigenvalue weighted by molar-refractivity contribution is 14.0. The fourth-order valence-electron chi connectivity index (χ4n) is 2.92. The molecule has 10 heteroatoms. The van der Waals surface area contributed by atoms with Crippen LogP contribution >= 0.6 is 24.0 Å². The number of sulfone groups is 1. The molecule has 0 unspecified atom stereocenters. The van der Waals surface area contributed by atoms with Gasteiger partial charge in [0.15, 0.2) is 15.8 Å². The first-order valence-corrected chi connectivity index (χ1v) is 11.3. The number of hydrogen-bond acceptors (Lipinski definition) is 4. The molecule has 0 saturated carbocycles. The number of hydrogen-bond donors (Lipinski definition) is 3. The normalized spacial score (nSPS) is 11.4. The summed E-state index contributed by atoms with van der Waals surface area (Å²) in [6, 6.07) is 11.1. The molecule has 3 N–H and O–H groups in total. The number of carbonyl (C=O) groups is 1. The van der Waals surface area contributed by atoms with Gasteiger partial charge in [0.2, 0.25) is 5.91 Å². The number of nitrogens with zero attached hydrogens (tertiary/aromatic N) is 1. The van der Waals surface area contributed by atoms with E-state index in [2.05, 4.69) is 20.9 Å². The van der Waals surface area contributed by atoms with Crippen molar-refractivity contribution in [2.45, 2.75) is 24.8 Å². The summed E-state index contributed by atoms with van der Waals surface area (Å²) in [7, 11) is -1.61. The molecule has 0 atom stereocenters. The van der Waals surface area contributed by atoms with Crippen LogP contribution < -0.4 is 16.0 Å². The van der Waals surface area contributed by atoms with Crippen LogP contribution in [0.3, 0.4) is 0 Å². The summed E-state index contributed by atoms with van der Waals surface area (Å²) >= 11 is 0. The number of aryl methyl sites for hydroxylation is 1. The van der Waals surface area contributed by atoms with Gasteiger partial charge in [-0.3, -0.25) is 9.79 Å². The minimum Gasteiger partial charge on any atom is -0.355 e. The van der Waals surface area contributed by atoms with Crippen LogP contribution in [-0.2, 0) is 27.6 Å². The molecule has 170 valence electrons. The van der Waals surface area contributed by atoms with E-state index in [1.54, 1.807) is 38.2 Å². The highest BCUT2D eigenvalue weighted by atomic mass is 127. The van der Waals surface area contributed by atoms with Gasteiger partial charge in [-0.1, -0.05) is 24.3 Å². The van der Waals surface area contributed by atoms with E-state index in [4.69, 9.17) is 0 Å². The van der Waals surface area contributed by atoms with Gasteiger partial charge in [-0.05, 0) is 41.8 Å². The molecule has 0 radical (unpaired) electrons. The van der Waals surface area contributed by atoms with Crippen molar-refractivity contribution >= 4 is 45.7 Å². The molecule has 2 rings (SSSR count). The van der Waals surface area contributed by atoms with E-state index < -0.39 is 9.84 Å². The lowest BCUT2D eigenvalue weighted by molar-refractivity contribution is -0.120. The Morgan fingerprint density at radius 2 is 1.74 bits per heavy atom. The van der Waals surface area contributed by atoms with Crippen LogP contribution in [0.1, 0.15) is 16.7 Å². The van der Waals surface area contributed by atoms with Crippen molar-refractivity contribution in [2.24, 2.45) is 4.99 Å². The summed E-state index contributed by atoms with van der Waals surface area (Å²) in [6.07, 6.45) is 1.31. The number of halogens is 2. The van der Waals surface area contributed by atoms with E-state index in [9.17, 15) is 17.6 Å². The maximum Gasteiger partial charge on any atom is 0.224 e. The number of carbonyl (C=O) groups excluding carboxylic acids is 1. The minimum absolute atomic E-state index is 0. The third kappa shape index (κ3) is 9.21. The van der Waals surface area contributed by atoms with Crippen LogP contribution in [0.4, 0.5) is 4.39 Å². The topological polar surface area (TPSA) is 99.7 Å². The minimum atomic E-state index is -3.24. The second kappa shape index (κ2) is 12.6. The first-order chi connectivity index (χ1) is 14.2. The van der Waals surface area contributed by atoms with E-state index in [-0.39, 0.29) is 42.1 Å². The second-order valence-corrected chi connectivity index (χ2v) is 8.87. The van der Waals surface area contributed by atoms with Crippen molar-refractivity contribution in [1.29, 1.82) is 0 Å². The van der Waals surface area contributed by atoms with Crippen LogP contribution in [0.25, 0.3) is 0 Å². The Kier molecular flexibility index (Phi) is 10.9. The zero-order valence-corrected chi connectivity index (χ0v) is 20.9. The number of aliphatic imine (C=N–C) groups is 1. The van der Waals surface area contributed by atoms with Gasteiger partial charge >= 0.3 is 0 Å². The SMILES string of the molecule is CN=C(NCCNC(=O)Cc1cccc(F)c1)NCc1ccc(S(C)(=O)=O)c(C)c1.I. The first kappa shape index (κ1) is 26.8. The number of guanidine groups is 1. The van der Waals surface area contributed by atoms with E-state index in [0.29, 0.717) is 41.6 Å². The molecule has 0 aliphatic heterocycles. The third-order valence-corrected chi connectivity index (χ3v) is 5.57. The van der Waals surface area contributed by atoms with Crippen molar-refractivity contribution in [3.05, 3.63) is 65.0 Å². The summed E-state index contributed by atoms with van der Waals surface area (Å²) in [5.74, 6) is 0.00371. The molecule has 0 bridgehead atoms. The van der Waals surface area contributed by atoms with Gasteiger partial charge in [-0.15, -0.1) is 24.0 Å². The Bertz CT molecular complexity index is 1030. The highest BCUT2D eigenvalue weighted by Gasteiger charge is 2.11. The Morgan fingerprint density at radius 1 is 1.03 bits per heavy atom. The van der Waals surface area contributed by atoms with E-state index >= 15 is 0 Å². The monoisotopic (exact) mass is 562 g/mol. The lowest BCUT2D eigenvalue weighted by Crippen LogP contribution is -2.41. The molecule has 0 aromatic heterocycles. The van der Waals surface area contributed by atoms with Crippen LogP contribution in [-0.4, -0.2) is 46.7 Å². The van der Waals surface area contributed by atoms with E-state index in [0.717, 1.165) is 5.56 Å². The average Bonchev–Trinajstić information content (AvgIpc) is 2.66. The van der Waals surface area contributed by atoms with Crippen molar-refractivity contribution in [3.63, 3.8) is 0 Å². The smallest absolute Gasteiger partial charge is 0.224 e. The predicted octanol–water partition coefficient (Wildman–Crippen LogP) is 2.18. The largest absolute Gasteiger partial charge is 0.355 e. The second-order valence-electron chi connectivity index (χ2n) is 6.88. The number of nitrogens with one attached hydrogen (secondary N) is 3. The fourth-order valence-corrected chi connectivity index (χ4v) is 3.88. The molecular weight excluding hydrogens is 534 g/mol. The van der Waals surface area contributed by atoms with Gasteiger partial charge in [0.25, 0.3) is 0 Å². The van der Waals surface area contributed by atoms with Gasteiger partial charge in [0.1, 0.15) is 5.82 Å². The first-order valence-electron chi connectivity index (χ1n) is 9.44. The molecule has 1 amide bonds. The molecule has 0 saturated heterocycles. The Morgan fingerprint density at radius 3 is 2.35 bits per heavy atom. The van der Waals surface area contributed by atoms with E-state index in [1.165, 1.54) is 18.4 Å². The number of benzene rings is 2. The van der Waals surface area contributed by atoms with Gasteiger partial charge in [0, 0.05) is 32.9 Å². The number of rotatable bonds is 8. The lowest BCUT2D eigenvalue weighted by atomic mass is 10.1. The summed E-state index contributed by atoms with van der Waals surface area (Å²) in [4.78, 5) is 16.4. The van der Waals surface area contributed by atoms with Crippen molar-refractivity contribution in [3.8, 4) is 0 Å².